The zero-order chi connectivity index (χ0) is 13.0. The average Bonchev–Trinajstić information content (AvgIpc) is 2.94. The normalized spacial score (nSPS) is 31.5. The highest BCUT2D eigenvalue weighted by Gasteiger charge is 2.28. The molecule has 0 aromatic heterocycles. The van der Waals surface area contributed by atoms with Gasteiger partial charge in [-0.3, -0.25) is 4.99 Å². The van der Waals surface area contributed by atoms with Crippen molar-refractivity contribution in [3.8, 4) is 0 Å². The highest BCUT2D eigenvalue weighted by atomic mass is 32.2. The van der Waals surface area contributed by atoms with Crippen LogP contribution in [0.15, 0.2) is 4.99 Å². The summed E-state index contributed by atoms with van der Waals surface area (Å²) in [6.45, 7) is 1.55. The Morgan fingerprint density at radius 3 is 2.83 bits per heavy atom. The lowest BCUT2D eigenvalue weighted by Gasteiger charge is -2.18. The van der Waals surface area contributed by atoms with Crippen LogP contribution in [0.4, 0.5) is 0 Å². The molecule has 2 heterocycles. The van der Waals surface area contributed by atoms with Gasteiger partial charge in [-0.15, -0.1) is 0 Å². The number of aliphatic imine (C=N–C) groups is 1. The minimum atomic E-state index is -2.85. The predicted molar refractivity (Wildman–Crippen MR) is 70.5 cm³/mol. The third kappa shape index (κ3) is 3.84. The van der Waals surface area contributed by atoms with E-state index in [4.69, 9.17) is 4.74 Å². The van der Waals surface area contributed by atoms with Gasteiger partial charge < -0.3 is 15.4 Å². The summed E-state index contributed by atoms with van der Waals surface area (Å²) in [6, 6.07) is -0.0225. The Bertz CT molecular complexity index is 402. The van der Waals surface area contributed by atoms with Crippen LogP contribution in [-0.2, 0) is 14.6 Å². The molecule has 2 fully saturated rings. The second-order valence-electron chi connectivity index (χ2n) is 4.83. The monoisotopic (exact) mass is 275 g/mol. The maximum absolute atomic E-state index is 11.4. The summed E-state index contributed by atoms with van der Waals surface area (Å²) in [6.07, 6.45) is 3.08. The van der Waals surface area contributed by atoms with Gasteiger partial charge in [-0.05, 0) is 19.3 Å². The van der Waals surface area contributed by atoms with E-state index < -0.39 is 9.84 Å². The molecular weight excluding hydrogens is 254 g/mol. The van der Waals surface area contributed by atoms with Gasteiger partial charge in [0.15, 0.2) is 15.8 Å². The standard InChI is InChI=1S/C11H21N3O3S/c1-12-11(13-7-10-3-2-5-17-10)14-9-4-6-18(15,16)8-9/h9-10H,2-8H2,1H3,(H2,12,13,14). The molecule has 0 saturated carbocycles. The summed E-state index contributed by atoms with van der Waals surface area (Å²) < 4.78 is 28.2. The molecule has 0 aromatic rings. The molecule has 0 bridgehead atoms. The number of rotatable bonds is 3. The Labute approximate surface area is 108 Å². The number of sulfone groups is 1. The van der Waals surface area contributed by atoms with E-state index in [9.17, 15) is 8.42 Å². The third-order valence-corrected chi connectivity index (χ3v) is 5.09. The van der Waals surface area contributed by atoms with E-state index in [-0.39, 0.29) is 23.7 Å². The summed E-state index contributed by atoms with van der Waals surface area (Å²) in [5.41, 5.74) is 0. The molecule has 0 spiro atoms. The number of ether oxygens (including phenoxy) is 1. The first-order valence-corrected chi connectivity index (χ1v) is 8.20. The third-order valence-electron chi connectivity index (χ3n) is 3.32. The number of nitrogens with zero attached hydrogens (tertiary/aromatic N) is 1. The van der Waals surface area contributed by atoms with Crippen LogP contribution in [0, 0.1) is 0 Å². The second-order valence-corrected chi connectivity index (χ2v) is 7.06. The summed E-state index contributed by atoms with van der Waals surface area (Å²) in [7, 11) is -1.16. The smallest absolute Gasteiger partial charge is 0.191 e. The van der Waals surface area contributed by atoms with Gasteiger partial charge in [0.25, 0.3) is 0 Å². The summed E-state index contributed by atoms with van der Waals surface area (Å²) >= 11 is 0. The van der Waals surface area contributed by atoms with Crippen LogP contribution in [0.1, 0.15) is 19.3 Å². The minimum Gasteiger partial charge on any atom is -0.376 e. The van der Waals surface area contributed by atoms with Crippen molar-refractivity contribution in [2.24, 2.45) is 4.99 Å². The molecule has 6 nitrogen and oxygen atoms in total. The van der Waals surface area contributed by atoms with Crippen LogP contribution in [0.3, 0.4) is 0 Å². The van der Waals surface area contributed by atoms with Crippen molar-refractivity contribution in [3.63, 3.8) is 0 Å². The van der Waals surface area contributed by atoms with Gasteiger partial charge in [0.1, 0.15) is 0 Å². The van der Waals surface area contributed by atoms with Crippen molar-refractivity contribution in [2.45, 2.75) is 31.4 Å². The van der Waals surface area contributed by atoms with Crippen LogP contribution >= 0.6 is 0 Å². The number of guanidine groups is 1. The van der Waals surface area contributed by atoms with E-state index in [2.05, 4.69) is 15.6 Å². The maximum atomic E-state index is 11.4. The fourth-order valence-electron chi connectivity index (χ4n) is 2.31. The van der Waals surface area contributed by atoms with Crippen molar-refractivity contribution >= 4 is 15.8 Å². The summed E-state index contributed by atoms with van der Waals surface area (Å²) in [5.74, 6) is 1.13. The van der Waals surface area contributed by atoms with E-state index in [1.54, 1.807) is 7.05 Å². The topological polar surface area (TPSA) is 79.8 Å². The SMILES string of the molecule is CN=C(NCC1CCCO1)NC1CCS(=O)(=O)C1. The van der Waals surface area contributed by atoms with Crippen molar-refractivity contribution in [2.75, 3.05) is 31.7 Å². The zero-order valence-corrected chi connectivity index (χ0v) is 11.5. The molecule has 0 radical (unpaired) electrons. The minimum absolute atomic E-state index is 0.0225. The highest BCUT2D eigenvalue weighted by Crippen LogP contribution is 2.12. The summed E-state index contributed by atoms with van der Waals surface area (Å²) in [5, 5.41) is 6.33. The highest BCUT2D eigenvalue weighted by molar-refractivity contribution is 7.91. The lowest BCUT2D eigenvalue weighted by atomic mass is 10.2. The Hall–Kier alpha value is -0.820. The first-order chi connectivity index (χ1) is 8.59. The summed E-state index contributed by atoms with van der Waals surface area (Å²) in [4.78, 5) is 4.10. The molecular formula is C11H21N3O3S. The Morgan fingerprint density at radius 1 is 1.44 bits per heavy atom. The van der Waals surface area contributed by atoms with Crippen molar-refractivity contribution < 1.29 is 13.2 Å². The van der Waals surface area contributed by atoms with Crippen LogP contribution in [0.2, 0.25) is 0 Å². The van der Waals surface area contributed by atoms with Gasteiger partial charge in [-0.25, -0.2) is 8.42 Å². The molecule has 18 heavy (non-hydrogen) atoms. The molecule has 2 N–H and O–H groups in total. The van der Waals surface area contributed by atoms with Crippen LogP contribution in [0.5, 0.6) is 0 Å². The van der Waals surface area contributed by atoms with Crippen molar-refractivity contribution in [1.82, 2.24) is 10.6 Å². The molecule has 104 valence electrons. The second kappa shape index (κ2) is 5.88. The molecule has 2 aliphatic rings. The van der Waals surface area contributed by atoms with Crippen LogP contribution in [0.25, 0.3) is 0 Å². The van der Waals surface area contributed by atoms with E-state index >= 15 is 0 Å². The Morgan fingerprint density at radius 2 is 2.28 bits per heavy atom. The maximum Gasteiger partial charge on any atom is 0.191 e. The van der Waals surface area contributed by atoms with Crippen LogP contribution < -0.4 is 10.6 Å². The largest absolute Gasteiger partial charge is 0.376 e. The quantitative estimate of drug-likeness (QED) is 0.537. The average molecular weight is 275 g/mol. The van der Waals surface area contributed by atoms with Gasteiger partial charge in [-0.1, -0.05) is 0 Å². The van der Waals surface area contributed by atoms with Crippen LogP contribution in [-0.4, -0.2) is 58.2 Å². The molecule has 7 heteroatoms. The molecule has 0 aliphatic carbocycles. The van der Waals surface area contributed by atoms with Crippen molar-refractivity contribution in [1.29, 1.82) is 0 Å². The molecule has 2 unspecified atom stereocenters. The molecule has 0 amide bonds. The molecule has 2 atom stereocenters. The molecule has 2 saturated heterocycles. The first-order valence-electron chi connectivity index (χ1n) is 6.38. The van der Waals surface area contributed by atoms with Gasteiger partial charge in [-0.2, -0.15) is 0 Å². The lowest BCUT2D eigenvalue weighted by Crippen LogP contribution is -2.46. The van der Waals surface area contributed by atoms with Gasteiger partial charge in [0.05, 0.1) is 17.6 Å². The first kappa shape index (κ1) is 13.6. The molecule has 2 rings (SSSR count). The van der Waals surface area contributed by atoms with E-state index in [0.29, 0.717) is 12.4 Å². The van der Waals surface area contributed by atoms with Gasteiger partial charge >= 0.3 is 0 Å². The van der Waals surface area contributed by atoms with Crippen molar-refractivity contribution in [3.05, 3.63) is 0 Å². The van der Waals surface area contributed by atoms with Gasteiger partial charge in [0.2, 0.25) is 0 Å². The zero-order valence-electron chi connectivity index (χ0n) is 10.7. The lowest BCUT2D eigenvalue weighted by molar-refractivity contribution is 0.113. The Balaban J connectivity index is 1.75. The number of hydrogen-bond acceptors (Lipinski definition) is 4. The Kier molecular flexibility index (Phi) is 4.45. The molecule has 0 aromatic carbocycles. The fourth-order valence-corrected chi connectivity index (χ4v) is 3.99. The molecule has 2 aliphatic heterocycles. The number of hydrogen-bond donors (Lipinski definition) is 2. The van der Waals surface area contributed by atoms with E-state index in [1.165, 1.54) is 0 Å². The van der Waals surface area contributed by atoms with E-state index in [1.807, 2.05) is 0 Å². The van der Waals surface area contributed by atoms with Gasteiger partial charge in [0, 0.05) is 26.2 Å². The number of nitrogens with one attached hydrogen (secondary N) is 2. The predicted octanol–water partition coefficient (Wildman–Crippen LogP) is -0.482. The fraction of sp³-hybridized carbons (Fsp3) is 0.909. The van der Waals surface area contributed by atoms with E-state index in [0.717, 1.165) is 26.0 Å².